The van der Waals surface area contributed by atoms with Crippen LogP contribution in [0.1, 0.15) is 54.4 Å². The van der Waals surface area contributed by atoms with Crippen LogP contribution in [-0.2, 0) is 13.9 Å². The van der Waals surface area contributed by atoms with Crippen LogP contribution in [0.2, 0.25) is 5.04 Å². The first-order valence-electron chi connectivity index (χ1n) is 12.1. The smallest absolute Gasteiger partial charge is 0.261 e. The Kier molecular flexibility index (Phi) is 8.52. The lowest BCUT2D eigenvalue weighted by molar-refractivity contribution is -0.137. The normalized spacial score (nSPS) is 20.0. The Balaban J connectivity index is 1.82. The average Bonchev–Trinajstić information content (AvgIpc) is 3.14. The molecule has 0 amide bonds. The van der Waals surface area contributed by atoms with Gasteiger partial charge in [0, 0.05) is 0 Å². The highest BCUT2D eigenvalue weighted by Gasteiger charge is 2.51. The molecule has 0 radical (unpaired) electrons. The van der Waals surface area contributed by atoms with Crippen LogP contribution in [0.4, 0.5) is 0 Å². The van der Waals surface area contributed by atoms with Gasteiger partial charge in [0.15, 0.2) is 5.79 Å². The molecule has 1 heterocycles. The lowest BCUT2D eigenvalue weighted by Gasteiger charge is -2.44. The number of hydrogen-bond donors (Lipinski definition) is 0. The van der Waals surface area contributed by atoms with Crippen molar-refractivity contribution in [2.75, 3.05) is 6.61 Å². The average molecular weight is 465 g/mol. The molecule has 2 atom stereocenters. The highest BCUT2D eigenvalue weighted by molar-refractivity contribution is 6.99. The molecule has 1 fully saturated rings. The summed E-state index contributed by atoms with van der Waals surface area (Å²) in [7, 11) is -2.55. The summed E-state index contributed by atoms with van der Waals surface area (Å²) in [6.45, 7) is 13.7. The number of benzene rings is 2. The van der Waals surface area contributed by atoms with Crippen LogP contribution in [0.25, 0.3) is 0 Å². The number of rotatable bonds is 9. The van der Waals surface area contributed by atoms with Crippen LogP contribution in [0.3, 0.4) is 0 Å². The quantitative estimate of drug-likeness (QED) is 0.337. The second kappa shape index (κ2) is 11.0. The Morgan fingerprint density at radius 1 is 1.00 bits per heavy atom. The summed E-state index contributed by atoms with van der Waals surface area (Å²) in [6, 6.07) is 21.7. The van der Waals surface area contributed by atoms with E-state index < -0.39 is 14.1 Å². The minimum atomic E-state index is -2.55. The minimum absolute atomic E-state index is 0.0284. The predicted octanol–water partition coefficient (Wildman–Crippen LogP) is 6.00. The number of hydrogen-bond acceptors (Lipinski definition) is 3. The molecule has 3 nitrogen and oxygen atoms in total. The molecule has 2 aromatic carbocycles. The SMILES string of the molecule is CC[C@H](/C=C/C=C\C[C@@H]1COC(C)(C)O1)O[Si](c1ccccc1)(c1ccccc1)C(C)(C)C. The minimum Gasteiger partial charge on any atom is -0.401 e. The van der Waals surface area contributed by atoms with Gasteiger partial charge in [-0.2, -0.15) is 0 Å². The van der Waals surface area contributed by atoms with Crippen molar-refractivity contribution >= 4 is 18.7 Å². The Hall–Kier alpha value is -1.98. The van der Waals surface area contributed by atoms with Crippen molar-refractivity contribution in [1.82, 2.24) is 0 Å². The van der Waals surface area contributed by atoms with E-state index in [2.05, 4.69) is 113 Å². The molecular weight excluding hydrogens is 424 g/mol. The van der Waals surface area contributed by atoms with E-state index in [1.165, 1.54) is 10.4 Å². The molecule has 1 aliphatic rings. The van der Waals surface area contributed by atoms with Gasteiger partial charge in [0.2, 0.25) is 0 Å². The molecular formula is C29H40O3Si. The van der Waals surface area contributed by atoms with Crippen molar-refractivity contribution in [1.29, 1.82) is 0 Å². The molecule has 0 aliphatic carbocycles. The maximum Gasteiger partial charge on any atom is 0.261 e. The second-order valence-corrected chi connectivity index (χ2v) is 14.5. The van der Waals surface area contributed by atoms with Crippen LogP contribution in [-0.4, -0.2) is 32.9 Å². The molecule has 0 spiro atoms. The second-order valence-electron chi connectivity index (χ2n) is 10.2. The van der Waals surface area contributed by atoms with E-state index in [1.807, 2.05) is 13.8 Å². The Labute approximate surface area is 201 Å². The largest absolute Gasteiger partial charge is 0.401 e. The van der Waals surface area contributed by atoms with Gasteiger partial charge in [0.25, 0.3) is 8.32 Å². The van der Waals surface area contributed by atoms with Gasteiger partial charge in [-0.3, -0.25) is 0 Å². The maximum absolute atomic E-state index is 7.20. The zero-order chi connectivity index (χ0) is 24.0. The van der Waals surface area contributed by atoms with E-state index in [-0.39, 0.29) is 17.2 Å². The third-order valence-electron chi connectivity index (χ3n) is 6.19. The van der Waals surface area contributed by atoms with Crippen LogP contribution in [0.15, 0.2) is 85.0 Å². The van der Waals surface area contributed by atoms with Gasteiger partial charge in [0.05, 0.1) is 18.8 Å². The fourth-order valence-corrected chi connectivity index (χ4v) is 9.27. The van der Waals surface area contributed by atoms with Crippen molar-refractivity contribution < 1.29 is 13.9 Å². The molecule has 0 saturated carbocycles. The van der Waals surface area contributed by atoms with E-state index in [9.17, 15) is 0 Å². The lowest BCUT2D eigenvalue weighted by atomic mass is 10.2. The van der Waals surface area contributed by atoms with E-state index in [0.717, 1.165) is 12.8 Å². The summed E-state index contributed by atoms with van der Waals surface area (Å²) < 4.78 is 18.7. The highest BCUT2D eigenvalue weighted by Crippen LogP contribution is 2.38. The highest BCUT2D eigenvalue weighted by atomic mass is 28.4. The van der Waals surface area contributed by atoms with Gasteiger partial charge in [-0.05, 0) is 42.1 Å². The van der Waals surface area contributed by atoms with E-state index >= 15 is 0 Å². The zero-order valence-corrected chi connectivity index (χ0v) is 22.1. The van der Waals surface area contributed by atoms with E-state index in [4.69, 9.17) is 13.9 Å². The van der Waals surface area contributed by atoms with Crippen molar-refractivity contribution in [3.63, 3.8) is 0 Å². The van der Waals surface area contributed by atoms with Gasteiger partial charge < -0.3 is 13.9 Å². The first kappa shape index (κ1) is 25.6. The molecule has 178 valence electrons. The summed E-state index contributed by atoms with van der Waals surface area (Å²) in [4.78, 5) is 0. The van der Waals surface area contributed by atoms with Gasteiger partial charge >= 0.3 is 0 Å². The summed E-state index contributed by atoms with van der Waals surface area (Å²) in [6.07, 6.45) is 10.5. The fourth-order valence-electron chi connectivity index (χ4n) is 4.55. The van der Waals surface area contributed by atoms with Crippen LogP contribution in [0, 0.1) is 0 Å². The first-order chi connectivity index (χ1) is 15.7. The molecule has 0 bridgehead atoms. The molecule has 2 aromatic rings. The molecule has 0 aromatic heterocycles. The Morgan fingerprint density at radius 2 is 1.58 bits per heavy atom. The maximum atomic E-state index is 7.20. The Bertz CT molecular complexity index is 873. The van der Waals surface area contributed by atoms with Gasteiger partial charge in [-0.15, -0.1) is 0 Å². The third-order valence-corrected chi connectivity index (χ3v) is 11.2. The van der Waals surface area contributed by atoms with Gasteiger partial charge in [-0.1, -0.05) is 113 Å². The standard InChI is InChI=1S/C29H40O3Si/c1-7-24(17-11-8-12-18-25-23-30-29(5,6)31-25)32-33(28(2,3)4,26-19-13-9-14-20-26)27-21-15-10-16-22-27/h8-17,19-22,24-25H,7,18,23H2,1-6H3/b12-8-,17-11+/t24-,25-/m1/s1. The predicted molar refractivity (Wildman–Crippen MR) is 141 cm³/mol. The molecule has 0 N–H and O–H groups in total. The topological polar surface area (TPSA) is 27.7 Å². The Morgan fingerprint density at radius 3 is 2.03 bits per heavy atom. The van der Waals surface area contributed by atoms with Crippen molar-refractivity contribution in [2.45, 2.75) is 77.4 Å². The van der Waals surface area contributed by atoms with Crippen LogP contribution in [0.5, 0.6) is 0 Å². The van der Waals surface area contributed by atoms with Crippen molar-refractivity contribution in [3.8, 4) is 0 Å². The summed E-state index contributed by atoms with van der Waals surface area (Å²) in [5, 5.41) is 2.60. The summed E-state index contributed by atoms with van der Waals surface area (Å²) >= 11 is 0. The van der Waals surface area contributed by atoms with Crippen LogP contribution >= 0.6 is 0 Å². The number of allylic oxidation sites excluding steroid dienone is 2. The molecule has 1 aliphatic heterocycles. The van der Waals surface area contributed by atoms with Crippen molar-refractivity contribution in [2.24, 2.45) is 0 Å². The molecule has 4 heteroatoms. The monoisotopic (exact) mass is 464 g/mol. The summed E-state index contributed by atoms with van der Waals surface area (Å²) in [5.74, 6) is -0.467. The summed E-state index contributed by atoms with van der Waals surface area (Å²) in [5.41, 5.74) is 0. The van der Waals surface area contributed by atoms with E-state index in [1.54, 1.807) is 0 Å². The third kappa shape index (κ3) is 6.33. The van der Waals surface area contributed by atoms with Gasteiger partial charge in [-0.25, -0.2) is 0 Å². The molecule has 1 saturated heterocycles. The number of ether oxygens (including phenoxy) is 2. The molecule has 33 heavy (non-hydrogen) atoms. The molecule has 0 unspecified atom stereocenters. The lowest BCUT2D eigenvalue weighted by Crippen LogP contribution is -2.67. The fraction of sp³-hybridized carbons (Fsp3) is 0.448. The molecule has 3 rings (SSSR count). The van der Waals surface area contributed by atoms with E-state index in [0.29, 0.717) is 6.61 Å². The first-order valence-corrected chi connectivity index (χ1v) is 14.0. The zero-order valence-electron chi connectivity index (χ0n) is 21.1. The van der Waals surface area contributed by atoms with Crippen molar-refractivity contribution in [3.05, 3.63) is 85.0 Å². The van der Waals surface area contributed by atoms with Gasteiger partial charge in [0.1, 0.15) is 0 Å². The van der Waals surface area contributed by atoms with Crippen LogP contribution < -0.4 is 10.4 Å².